The van der Waals surface area contributed by atoms with Gasteiger partial charge in [0.1, 0.15) is 0 Å². The summed E-state index contributed by atoms with van der Waals surface area (Å²) in [6.07, 6.45) is 1.68. The van der Waals surface area contributed by atoms with Gasteiger partial charge in [-0.2, -0.15) is 0 Å². The molecule has 56 valence electrons. The van der Waals surface area contributed by atoms with Crippen molar-refractivity contribution < 1.29 is 0 Å². The number of fused-ring (bicyclic) bond motifs is 1. The maximum absolute atomic E-state index is 10.9. The van der Waals surface area contributed by atoms with Gasteiger partial charge in [-0.1, -0.05) is 0 Å². The topological polar surface area (TPSA) is 50.7 Å². The van der Waals surface area contributed by atoms with E-state index >= 15 is 0 Å². The van der Waals surface area contributed by atoms with Crippen LogP contribution in [-0.4, -0.2) is 14.8 Å². The predicted molar refractivity (Wildman–Crippen MR) is 40.5 cm³/mol. The third kappa shape index (κ3) is 0.832. The number of aromatic amines is 1. The van der Waals surface area contributed by atoms with Crippen LogP contribution in [0.1, 0.15) is 0 Å². The summed E-state index contributed by atoms with van der Waals surface area (Å²) in [6.45, 7) is 0. The van der Waals surface area contributed by atoms with Crippen molar-refractivity contribution >= 4 is 0 Å². The lowest BCUT2D eigenvalue weighted by atomic mass is 10.3. The minimum Gasteiger partial charge on any atom is -0.286 e. The van der Waals surface area contributed by atoms with Crippen LogP contribution < -0.4 is 5.56 Å². The number of aromatic nitrogens is 3. The Bertz CT molecular complexity index is 401. The molecule has 11 heavy (non-hydrogen) atoms. The van der Waals surface area contributed by atoms with Crippen LogP contribution in [0.2, 0.25) is 0 Å². The zero-order chi connectivity index (χ0) is 7.84. The highest BCUT2D eigenvalue weighted by molar-refractivity contribution is 5.54. The van der Waals surface area contributed by atoms with Crippen LogP contribution in [0, 0.1) is 0 Å². The maximum Gasteiger partial charge on any atom is 0.264 e. The number of H-pyrrole nitrogens is 1. The average Bonchev–Trinajstić information content (AvgIpc) is 2.34. The van der Waals surface area contributed by atoms with Crippen LogP contribution in [0.3, 0.4) is 0 Å². The quantitative estimate of drug-likeness (QED) is 0.582. The van der Waals surface area contributed by atoms with E-state index in [1.54, 1.807) is 17.9 Å². The van der Waals surface area contributed by atoms with Gasteiger partial charge in [-0.05, 0) is 6.07 Å². The Kier molecular flexibility index (Phi) is 1.09. The minimum absolute atomic E-state index is 0.126. The molecular formula is C7H7N3O. The molecule has 4 heteroatoms. The van der Waals surface area contributed by atoms with Crippen LogP contribution in [0.25, 0.3) is 11.4 Å². The number of nitrogens with zero attached hydrogens (tertiary/aromatic N) is 2. The van der Waals surface area contributed by atoms with Crippen molar-refractivity contribution in [1.29, 1.82) is 0 Å². The SMILES string of the molecule is Cn1[nH]c(=O)cc2nccc1-2. The zero-order valence-corrected chi connectivity index (χ0v) is 6.03. The van der Waals surface area contributed by atoms with E-state index in [4.69, 9.17) is 0 Å². The second kappa shape index (κ2) is 1.95. The third-order valence-corrected chi connectivity index (χ3v) is 1.62. The van der Waals surface area contributed by atoms with Crippen LogP contribution in [-0.2, 0) is 7.05 Å². The first-order chi connectivity index (χ1) is 5.27. The zero-order valence-electron chi connectivity index (χ0n) is 6.03. The molecule has 0 radical (unpaired) electrons. The second-order valence-electron chi connectivity index (χ2n) is 2.39. The van der Waals surface area contributed by atoms with Gasteiger partial charge in [0.15, 0.2) is 0 Å². The summed E-state index contributed by atoms with van der Waals surface area (Å²) in [5.41, 5.74) is 1.54. The van der Waals surface area contributed by atoms with Crippen LogP contribution in [0.15, 0.2) is 23.1 Å². The number of rotatable bonds is 0. The average molecular weight is 149 g/mol. The molecule has 0 aromatic carbocycles. The molecule has 2 aliphatic heterocycles. The number of hydrogen-bond donors (Lipinski definition) is 1. The molecule has 0 atom stereocenters. The molecule has 2 rings (SSSR count). The third-order valence-electron chi connectivity index (χ3n) is 1.62. The summed E-state index contributed by atoms with van der Waals surface area (Å²) in [6, 6.07) is 3.33. The van der Waals surface area contributed by atoms with Crippen LogP contribution in [0.5, 0.6) is 0 Å². The van der Waals surface area contributed by atoms with E-state index in [1.807, 2.05) is 6.07 Å². The fourth-order valence-corrected chi connectivity index (χ4v) is 1.12. The second-order valence-corrected chi connectivity index (χ2v) is 2.39. The predicted octanol–water partition coefficient (Wildman–Crippen LogP) is 0.213. The standard InChI is InChI=1S/C7H7N3O/c1-10-6-2-3-8-5(6)4-7(11)9-10/h2-4H,1H3,(H,9,11). The Morgan fingerprint density at radius 2 is 2.45 bits per heavy atom. The lowest BCUT2D eigenvalue weighted by Crippen LogP contribution is -2.14. The first-order valence-electron chi connectivity index (χ1n) is 3.28. The summed E-state index contributed by atoms with van der Waals surface area (Å²) in [7, 11) is 1.78. The van der Waals surface area contributed by atoms with Crippen molar-refractivity contribution in [3.8, 4) is 11.4 Å². The Hall–Kier alpha value is -1.58. The van der Waals surface area contributed by atoms with Crippen molar-refractivity contribution in [2.75, 3.05) is 0 Å². The molecule has 0 saturated carbocycles. The van der Waals surface area contributed by atoms with Gasteiger partial charge >= 0.3 is 0 Å². The van der Waals surface area contributed by atoms with Crippen molar-refractivity contribution in [3.63, 3.8) is 0 Å². The first-order valence-corrected chi connectivity index (χ1v) is 3.28. The molecular weight excluding hydrogens is 142 g/mol. The lowest BCUT2D eigenvalue weighted by molar-refractivity contribution is 0.730. The molecule has 2 aliphatic rings. The van der Waals surface area contributed by atoms with Gasteiger partial charge in [-0.25, -0.2) is 0 Å². The van der Waals surface area contributed by atoms with E-state index in [0.29, 0.717) is 0 Å². The molecule has 1 N–H and O–H groups in total. The van der Waals surface area contributed by atoms with E-state index in [1.165, 1.54) is 6.07 Å². The summed E-state index contributed by atoms with van der Waals surface area (Å²) in [5.74, 6) is 0. The fourth-order valence-electron chi connectivity index (χ4n) is 1.12. The van der Waals surface area contributed by atoms with Gasteiger partial charge in [0.05, 0.1) is 11.4 Å². The van der Waals surface area contributed by atoms with Gasteiger partial charge in [0, 0.05) is 19.3 Å². The van der Waals surface area contributed by atoms with Crippen molar-refractivity contribution in [1.82, 2.24) is 14.8 Å². The maximum atomic E-state index is 10.9. The van der Waals surface area contributed by atoms with E-state index in [9.17, 15) is 4.79 Å². The van der Waals surface area contributed by atoms with Gasteiger partial charge in [-0.15, -0.1) is 0 Å². The van der Waals surface area contributed by atoms with Gasteiger partial charge in [-0.3, -0.25) is 19.6 Å². The monoisotopic (exact) mass is 149 g/mol. The Balaban J connectivity index is 2.90. The van der Waals surface area contributed by atoms with E-state index < -0.39 is 0 Å². The minimum atomic E-state index is -0.126. The molecule has 0 aliphatic carbocycles. The molecule has 4 nitrogen and oxygen atoms in total. The molecule has 2 heterocycles. The summed E-state index contributed by atoms with van der Waals surface area (Å²) in [4.78, 5) is 14.9. The molecule has 0 spiro atoms. The molecule has 0 aromatic heterocycles. The van der Waals surface area contributed by atoms with Crippen molar-refractivity contribution in [2.45, 2.75) is 0 Å². The Labute approximate surface area is 62.8 Å². The van der Waals surface area contributed by atoms with Crippen molar-refractivity contribution in [3.05, 3.63) is 28.7 Å². The van der Waals surface area contributed by atoms with Gasteiger partial charge in [0.2, 0.25) is 0 Å². The van der Waals surface area contributed by atoms with Gasteiger partial charge in [0.25, 0.3) is 5.56 Å². The summed E-state index contributed by atoms with van der Waals surface area (Å²) >= 11 is 0. The van der Waals surface area contributed by atoms with E-state index in [-0.39, 0.29) is 5.56 Å². The highest BCUT2D eigenvalue weighted by atomic mass is 16.1. The Morgan fingerprint density at radius 3 is 3.27 bits per heavy atom. The largest absolute Gasteiger partial charge is 0.286 e. The highest BCUT2D eigenvalue weighted by Gasteiger charge is 2.05. The smallest absolute Gasteiger partial charge is 0.264 e. The molecule has 0 aromatic rings. The summed E-state index contributed by atoms with van der Waals surface area (Å²) in [5, 5.41) is 2.62. The fraction of sp³-hybridized carbons (Fsp3) is 0.143. The number of nitrogens with one attached hydrogen (secondary N) is 1. The normalized spacial score (nSPS) is 10.6. The van der Waals surface area contributed by atoms with E-state index in [2.05, 4.69) is 10.1 Å². The molecule has 0 bridgehead atoms. The van der Waals surface area contributed by atoms with E-state index in [0.717, 1.165) is 11.4 Å². The molecule has 0 fully saturated rings. The molecule has 0 amide bonds. The number of hydrogen-bond acceptors (Lipinski definition) is 2. The van der Waals surface area contributed by atoms with Crippen LogP contribution >= 0.6 is 0 Å². The lowest BCUT2D eigenvalue weighted by Gasteiger charge is -2.03. The highest BCUT2D eigenvalue weighted by Crippen LogP contribution is 2.13. The first kappa shape index (κ1) is 6.15. The number of aryl methyl sites for hydroxylation is 1. The Morgan fingerprint density at radius 1 is 1.64 bits per heavy atom. The summed E-state index contributed by atoms with van der Waals surface area (Å²) < 4.78 is 1.66. The van der Waals surface area contributed by atoms with Gasteiger partial charge < -0.3 is 0 Å². The van der Waals surface area contributed by atoms with Crippen molar-refractivity contribution in [2.24, 2.45) is 7.05 Å². The van der Waals surface area contributed by atoms with Crippen LogP contribution in [0.4, 0.5) is 0 Å². The molecule has 0 saturated heterocycles. The molecule has 0 unspecified atom stereocenters.